The zero-order chi connectivity index (χ0) is 18.5. The molecule has 1 fully saturated rings. The SMILES string of the molecule is CCC1CCCCN1C(=O)c1cc(NC(C)C)nc(-c2ccccc2)n1. The summed E-state index contributed by atoms with van der Waals surface area (Å²) in [6, 6.07) is 12.2. The molecular weight excluding hydrogens is 324 g/mol. The number of rotatable bonds is 5. The van der Waals surface area contributed by atoms with Gasteiger partial charge in [0.15, 0.2) is 5.82 Å². The summed E-state index contributed by atoms with van der Waals surface area (Å²) in [4.78, 5) is 24.4. The van der Waals surface area contributed by atoms with E-state index in [-0.39, 0.29) is 11.9 Å². The highest BCUT2D eigenvalue weighted by Gasteiger charge is 2.27. The second-order valence-corrected chi connectivity index (χ2v) is 7.18. The molecule has 5 nitrogen and oxygen atoms in total. The van der Waals surface area contributed by atoms with E-state index in [2.05, 4.69) is 36.1 Å². The molecule has 0 spiro atoms. The highest BCUT2D eigenvalue weighted by molar-refractivity contribution is 5.93. The fraction of sp³-hybridized carbons (Fsp3) is 0.476. The average molecular weight is 352 g/mol. The third-order valence-electron chi connectivity index (χ3n) is 4.77. The van der Waals surface area contributed by atoms with Gasteiger partial charge in [0.25, 0.3) is 5.91 Å². The van der Waals surface area contributed by atoms with E-state index in [0.717, 1.165) is 31.4 Å². The van der Waals surface area contributed by atoms with E-state index < -0.39 is 0 Å². The third-order valence-corrected chi connectivity index (χ3v) is 4.77. The molecule has 1 unspecified atom stereocenters. The molecule has 138 valence electrons. The molecule has 2 heterocycles. The van der Waals surface area contributed by atoms with Crippen LogP contribution >= 0.6 is 0 Å². The first kappa shape index (κ1) is 18.4. The number of anilines is 1. The van der Waals surface area contributed by atoms with Gasteiger partial charge in [-0.25, -0.2) is 9.97 Å². The van der Waals surface area contributed by atoms with Crippen molar-refractivity contribution in [2.24, 2.45) is 0 Å². The Bertz CT molecular complexity index is 745. The van der Waals surface area contributed by atoms with Gasteiger partial charge in [-0.15, -0.1) is 0 Å². The fourth-order valence-electron chi connectivity index (χ4n) is 3.48. The quantitative estimate of drug-likeness (QED) is 0.868. The van der Waals surface area contributed by atoms with E-state index in [1.165, 1.54) is 6.42 Å². The molecule has 1 saturated heterocycles. The molecule has 1 amide bonds. The van der Waals surface area contributed by atoms with Crippen LogP contribution in [0.3, 0.4) is 0 Å². The van der Waals surface area contributed by atoms with Gasteiger partial charge < -0.3 is 10.2 Å². The van der Waals surface area contributed by atoms with Crippen LogP contribution in [0, 0.1) is 0 Å². The van der Waals surface area contributed by atoms with Crippen molar-refractivity contribution in [2.75, 3.05) is 11.9 Å². The van der Waals surface area contributed by atoms with E-state index in [1.54, 1.807) is 6.07 Å². The maximum absolute atomic E-state index is 13.2. The molecule has 0 saturated carbocycles. The van der Waals surface area contributed by atoms with Crippen LogP contribution in [0.15, 0.2) is 36.4 Å². The first-order chi connectivity index (χ1) is 12.6. The molecule has 3 rings (SSSR count). The Morgan fingerprint density at radius 3 is 2.69 bits per heavy atom. The molecule has 1 atom stereocenters. The predicted octanol–water partition coefficient (Wildman–Crippen LogP) is 4.37. The highest BCUT2D eigenvalue weighted by Crippen LogP contribution is 2.24. The second-order valence-electron chi connectivity index (χ2n) is 7.18. The van der Waals surface area contributed by atoms with Crippen molar-refractivity contribution in [1.29, 1.82) is 0 Å². The van der Waals surface area contributed by atoms with Crippen LogP contribution in [0.25, 0.3) is 11.4 Å². The lowest BCUT2D eigenvalue weighted by atomic mass is 9.99. The number of hydrogen-bond acceptors (Lipinski definition) is 4. The van der Waals surface area contributed by atoms with Crippen LogP contribution in [0.5, 0.6) is 0 Å². The minimum atomic E-state index is 0.0166. The second kappa shape index (κ2) is 8.30. The zero-order valence-corrected chi connectivity index (χ0v) is 15.9. The lowest BCUT2D eigenvalue weighted by molar-refractivity contribution is 0.0602. The molecule has 0 bridgehead atoms. The monoisotopic (exact) mass is 352 g/mol. The third kappa shape index (κ3) is 4.21. The Kier molecular flexibility index (Phi) is 5.86. The molecule has 1 N–H and O–H groups in total. The number of nitrogens with one attached hydrogen (secondary N) is 1. The standard InChI is InChI=1S/C21H28N4O/c1-4-17-12-8-9-13-25(17)21(26)18-14-19(22-15(2)3)24-20(23-18)16-10-6-5-7-11-16/h5-7,10-11,14-15,17H,4,8-9,12-13H2,1-3H3,(H,22,23,24). The minimum Gasteiger partial charge on any atom is -0.368 e. The van der Waals surface area contributed by atoms with Crippen molar-refractivity contribution < 1.29 is 4.79 Å². The van der Waals surface area contributed by atoms with E-state index in [4.69, 9.17) is 0 Å². The Morgan fingerprint density at radius 1 is 1.23 bits per heavy atom. The lowest BCUT2D eigenvalue weighted by Crippen LogP contribution is -2.43. The van der Waals surface area contributed by atoms with E-state index in [9.17, 15) is 4.79 Å². The van der Waals surface area contributed by atoms with Crippen LogP contribution in [0.1, 0.15) is 56.9 Å². The summed E-state index contributed by atoms with van der Waals surface area (Å²) in [5.74, 6) is 1.30. The maximum atomic E-state index is 13.2. The van der Waals surface area contributed by atoms with Crippen molar-refractivity contribution in [3.05, 3.63) is 42.1 Å². The Morgan fingerprint density at radius 2 is 2.00 bits per heavy atom. The molecule has 1 aromatic carbocycles. The number of likely N-dealkylation sites (tertiary alicyclic amines) is 1. The summed E-state index contributed by atoms with van der Waals surface area (Å²) >= 11 is 0. The van der Waals surface area contributed by atoms with Gasteiger partial charge >= 0.3 is 0 Å². The van der Waals surface area contributed by atoms with Crippen molar-refractivity contribution in [1.82, 2.24) is 14.9 Å². The van der Waals surface area contributed by atoms with Crippen molar-refractivity contribution in [3.63, 3.8) is 0 Å². The summed E-state index contributed by atoms with van der Waals surface area (Å²) in [6.07, 6.45) is 4.33. The van der Waals surface area contributed by atoms with E-state index in [1.807, 2.05) is 35.2 Å². The summed E-state index contributed by atoms with van der Waals surface area (Å²) in [6.45, 7) is 7.08. The number of benzene rings is 1. The van der Waals surface area contributed by atoms with Crippen LogP contribution < -0.4 is 5.32 Å². The van der Waals surface area contributed by atoms with Crippen molar-refractivity contribution in [3.8, 4) is 11.4 Å². The number of hydrogen-bond donors (Lipinski definition) is 1. The van der Waals surface area contributed by atoms with Gasteiger partial charge in [-0.1, -0.05) is 37.3 Å². The molecule has 26 heavy (non-hydrogen) atoms. The van der Waals surface area contributed by atoms with Crippen molar-refractivity contribution in [2.45, 2.75) is 58.5 Å². The normalized spacial score (nSPS) is 17.4. The predicted molar refractivity (Wildman–Crippen MR) is 105 cm³/mol. The van der Waals surface area contributed by atoms with Gasteiger partial charge in [-0.05, 0) is 39.5 Å². The first-order valence-electron chi connectivity index (χ1n) is 9.60. The Labute approximate surface area is 155 Å². The van der Waals surface area contributed by atoms with Gasteiger partial charge in [0.1, 0.15) is 11.5 Å². The smallest absolute Gasteiger partial charge is 0.272 e. The van der Waals surface area contributed by atoms with Crippen LogP contribution in [-0.4, -0.2) is 39.4 Å². The maximum Gasteiger partial charge on any atom is 0.272 e. The Balaban J connectivity index is 1.98. The molecule has 0 radical (unpaired) electrons. The summed E-state index contributed by atoms with van der Waals surface area (Å²) < 4.78 is 0. The van der Waals surface area contributed by atoms with Gasteiger partial charge in [0.05, 0.1) is 0 Å². The molecule has 2 aromatic rings. The van der Waals surface area contributed by atoms with E-state index >= 15 is 0 Å². The molecule has 0 aliphatic carbocycles. The number of amides is 1. The molecule has 1 aliphatic heterocycles. The van der Waals surface area contributed by atoms with Crippen LogP contribution in [0.2, 0.25) is 0 Å². The number of aromatic nitrogens is 2. The summed E-state index contributed by atoms with van der Waals surface area (Å²) in [7, 11) is 0. The number of piperidine rings is 1. The first-order valence-corrected chi connectivity index (χ1v) is 9.60. The van der Waals surface area contributed by atoms with Gasteiger partial charge in [-0.3, -0.25) is 4.79 Å². The van der Waals surface area contributed by atoms with Crippen molar-refractivity contribution >= 4 is 11.7 Å². The van der Waals surface area contributed by atoms with Gasteiger partial charge in [0.2, 0.25) is 0 Å². The average Bonchev–Trinajstić information content (AvgIpc) is 2.67. The largest absolute Gasteiger partial charge is 0.368 e. The van der Waals surface area contributed by atoms with Gasteiger partial charge in [-0.2, -0.15) is 0 Å². The van der Waals surface area contributed by atoms with Crippen LogP contribution in [-0.2, 0) is 0 Å². The highest BCUT2D eigenvalue weighted by atomic mass is 16.2. The zero-order valence-electron chi connectivity index (χ0n) is 15.9. The summed E-state index contributed by atoms with van der Waals surface area (Å²) in [5, 5.41) is 3.32. The molecular formula is C21H28N4O. The lowest BCUT2D eigenvalue weighted by Gasteiger charge is -2.35. The van der Waals surface area contributed by atoms with Gasteiger partial charge in [0, 0.05) is 30.3 Å². The number of nitrogens with zero attached hydrogens (tertiary/aromatic N) is 3. The minimum absolute atomic E-state index is 0.0166. The number of carbonyl (C=O) groups excluding carboxylic acids is 1. The number of carbonyl (C=O) groups is 1. The van der Waals surface area contributed by atoms with Crippen LogP contribution in [0.4, 0.5) is 5.82 Å². The molecule has 5 heteroatoms. The fourth-order valence-corrected chi connectivity index (χ4v) is 3.48. The molecule has 1 aliphatic rings. The molecule has 1 aromatic heterocycles. The topological polar surface area (TPSA) is 58.1 Å². The Hall–Kier alpha value is -2.43. The van der Waals surface area contributed by atoms with E-state index in [0.29, 0.717) is 23.4 Å². The summed E-state index contributed by atoms with van der Waals surface area (Å²) in [5.41, 5.74) is 1.39.